The van der Waals surface area contributed by atoms with Crippen molar-refractivity contribution in [2.75, 3.05) is 18.5 Å². The minimum Gasteiger partial charge on any atom is -0.351 e. The zero-order valence-electron chi connectivity index (χ0n) is 10.6. The van der Waals surface area contributed by atoms with Crippen LogP contribution < -0.4 is 4.90 Å². The largest absolute Gasteiger partial charge is 0.351 e. The number of likely N-dealkylation sites (N-methyl/N-ethyl adjacent to an activating group) is 1. The Morgan fingerprint density at radius 2 is 2.06 bits per heavy atom. The molecule has 0 unspecified atom stereocenters. The van der Waals surface area contributed by atoms with Crippen molar-refractivity contribution in [3.05, 3.63) is 47.0 Å². The number of aromatic nitrogens is 1. The van der Waals surface area contributed by atoms with Crippen LogP contribution in [0.4, 0.5) is 5.13 Å². The van der Waals surface area contributed by atoms with E-state index in [9.17, 15) is 4.79 Å². The van der Waals surface area contributed by atoms with Crippen LogP contribution >= 0.6 is 11.3 Å². The molecule has 0 saturated heterocycles. The number of hydrogen-bond donors (Lipinski definition) is 0. The maximum atomic E-state index is 11.2. The van der Waals surface area contributed by atoms with Gasteiger partial charge in [0, 0.05) is 20.5 Å². The van der Waals surface area contributed by atoms with E-state index >= 15 is 0 Å². The molecule has 2 rings (SSSR count). The maximum absolute atomic E-state index is 11.2. The van der Waals surface area contributed by atoms with Gasteiger partial charge in [-0.15, -0.1) is 0 Å². The van der Waals surface area contributed by atoms with E-state index in [1.807, 2.05) is 25.2 Å². The first-order chi connectivity index (χ1) is 8.66. The van der Waals surface area contributed by atoms with E-state index in [1.165, 1.54) is 16.9 Å². The Bertz CT molecular complexity index is 522. The number of thiazole rings is 1. The third-order valence-corrected chi connectivity index (χ3v) is 3.96. The van der Waals surface area contributed by atoms with Crippen molar-refractivity contribution in [1.29, 1.82) is 0 Å². The zero-order chi connectivity index (χ0) is 13.0. The quantitative estimate of drug-likeness (QED) is 0.775. The van der Waals surface area contributed by atoms with E-state index in [-0.39, 0.29) is 5.78 Å². The van der Waals surface area contributed by atoms with E-state index in [1.54, 1.807) is 13.1 Å². The Morgan fingerprint density at radius 3 is 2.67 bits per heavy atom. The summed E-state index contributed by atoms with van der Waals surface area (Å²) in [6.45, 7) is 2.47. The van der Waals surface area contributed by atoms with Crippen LogP contribution in [0.3, 0.4) is 0 Å². The smallest absolute Gasteiger partial charge is 0.185 e. The monoisotopic (exact) mass is 260 g/mol. The van der Waals surface area contributed by atoms with Crippen LogP contribution in [0.1, 0.15) is 22.2 Å². The Balaban J connectivity index is 1.95. The molecule has 0 aliphatic rings. The highest BCUT2D eigenvalue weighted by molar-refractivity contribution is 7.17. The number of benzene rings is 1. The number of hydrogen-bond acceptors (Lipinski definition) is 4. The molecule has 0 radical (unpaired) electrons. The topological polar surface area (TPSA) is 33.2 Å². The van der Waals surface area contributed by atoms with Gasteiger partial charge >= 0.3 is 0 Å². The van der Waals surface area contributed by atoms with Crippen LogP contribution in [-0.4, -0.2) is 24.4 Å². The summed E-state index contributed by atoms with van der Waals surface area (Å²) < 4.78 is 0. The lowest BCUT2D eigenvalue weighted by Crippen LogP contribution is -2.19. The van der Waals surface area contributed by atoms with E-state index in [0.717, 1.165) is 23.0 Å². The standard InChI is InChI=1S/C14H16N2OS/c1-11(17)13-10-15-14(18-13)16(2)9-8-12-6-4-3-5-7-12/h3-7,10H,8-9H2,1-2H3. The SMILES string of the molecule is CC(=O)c1cnc(N(C)CCc2ccccc2)s1. The van der Waals surface area contributed by atoms with Crippen molar-refractivity contribution in [2.24, 2.45) is 0 Å². The van der Waals surface area contributed by atoms with Crippen molar-refractivity contribution < 1.29 is 4.79 Å². The number of ketones is 1. The maximum Gasteiger partial charge on any atom is 0.185 e. The van der Waals surface area contributed by atoms with Gasteiger partial charge in [0.25, 0.3) is 0 Å². The number of anilines is 1. The van der Waals surface area contributed by atoms with Crippen LogP contribution in [-0.2, 0) is 6.42 Å². The van der Waals surface area contributed by atoms with Gasteiger partial charge < -0.3 is 4.90 Å². The van der Waals surface area contributed by atoms with Crippen LogP contribution in [0.5, 0.6) is 0 Å². The molecule has 1 aromatic heterocycles. The molecular formula is C14H16N2OS. The lowest BCUT2D eigenvalue weighted by molar-refractivity contribution is 0.102. The predicted molar refractivity (Wildman–Crippen MR) is 75.5 cm³/mol. The van der Waals surface area contributed by atoms with E-state index in [4.69, 9.17) is 0 Å². The van der Waals surface area contributed by atoms with Gasteiger partial charge in [-0.2, -0.15) is 0 Å². The van der Waals surface area contributed by atoms with Gasteiger partial charge in [0.2, 0.25) is 0 Å². The average Bonchev–Trinajstić information content (AvgIpc) is 2.87. The molecule has 0 fully saturated rings. The van der Waals surface area contributed by atoms with Crippen LogP contribution in [0, 0.1) is 0 Å². The molecule has 0 aliphatic heterocycles. The molecule has 3 nitrogen and oxygen atoms in total. The van der Waals surface area contributed by atoms with Gasteiger partial charge in [0.1, 0.15) is 0 Å². The van der Waals surface area contributed by atoms with E-state index in [0.29, 0.717) is 0 Å². The summed E-state index contributed by atoms with van der Waals surface area (Å²) >= 11 is 1.45. The lowest BCUT2D eigenvalue weighted by Gasteiger charge is -2.15. The summed E-state index contributed by atoms with van der Waals surface area (Å²) in [5.74, 6) is 0.0789. The van der Waals surface area contributed by atoms with Gasteiger partial charge in [0.05, 0.1) is 11.1 Å². The van der Waals surface area contributed by atoms with Crippen LogP contribution in [0.25, 0.3) is 0 Å². The molecule has 0 spiro atoms. The fourth-order valence-electron chi connectivity index (χ4n) is 1.64. The van der Waals surface area contributed by atoms with Crippen LogP contribution in [0.15, 0.2) is 36.5 Å². The van der Waals surface area contributed by atoms with Crippen molar-refractivity contribution in [2.45, 2.75) is 13.3 Å². The number of carbonyl (C=O) groups excluding carboxylic acids is 1. The highest BCUT2D eigenvalue weighted by Gasteiger charge is 2.09. The molecule has 1 heterocycles. The number of nitrogens with zero attached hydrogens (tertiary/aromatic N) is 2. The molecular weight excluding hydrogens is 244 g/mol. The average molecular weight is 260 g/mol. The van der Waals surface area contributed by atoms with Crippen molar-refractivity contribution in [3.8, 4) is 0 Å². The highest BCUT2D eigenvalue weighted by Crippen LogP contribution is 2.21. The zero-order valence-corrected chi connectivity index (χ0v) is 11.4. The summed E-state index contributed by atoms with van der Waals surface area (Å²) in [5.41, 5.74) is 1.31. The minimum atomic E-state index is 0.0789. The second kappa shape index (κ2) is 5.78. The molecule has 4 heteroatoms. The normalized spacial score (nSPS) is 10.3. The summed E-state index contributed by atoms with van der Waals surface area (Å²) in [7, 11) is 2.01. The second-order valence-corrected chi connectivity index (χ2v) is 5.23. The van der Waals surface area contributed by atoms with Crippen molar-refractivity contribution >= 4 is 22.3 Å². The third kappa shape index (κ3) is 3.17. The lowest BCUT2D eigenvalue weighted by atomic mass is 10.1. The van der Waals surface area contributed by atoms with Gasteiger partial charge in [0.15, 0.2) is 10.9 Å². The molecule has 0 aliphatic carbocycles. The first-order valence-electron chi connectivity index (χ1n) is 5.88. The number of carbonyl (C=O) groups is 1. The van der Waals surface area contributed by atoms with Gasteiger partial charge in [-0.05, 0) is 12.0 Å². The predicted octanol–water partition coefficient (Wildman–Crippen LogP) is 3.02. The second-order valence-electron chi connectivity index (χ2n) is 4.22. The summed E-state index contributed by atoms with van der Waals surface area (Å²) in [6.07, 6.45) is 2.63. The Morgan fingerprint density at radius 1 is 1.33 bits per heavy atom. The van der Waals surface area contributed by atoms with Gasteiger partial charge in [-0.3, -0.25) is 4.79 Å². The van der Waals surface area contributed by atoms with E-state index in [2.05, 4.69) is 22.0 Å². The highest BCUT2D eigenvalue weighted by atomic mass is 32.1. The molecule has 94 valence electrons. The first-order valence-corrected chi connectivity index (χ1v) is 6.70. The Hall–Kier alpha value is -1.68. The number of Topliss-reactive ketones (excluding diaryl/α,β-unsaturated/α-hetero) is 1. The molecule has 0 saturated carbocycles. The fraction of sp³-hybridized carbons (Fsp3) is 0.286. The summed E-state index contributed by atoms with van der Waals surface area (Å²) in [4.78, 5) is 18.3. The molecule has 18 heavy (non-hydrogen) atoms. The fourth-order valence-corrected chi connectivity index (χ4v) is 2.44. The summed E-state index contributed by atoms with van der Waals surface area (Å²) in [5, 5.41) is 0.899. The van der Waals surface area contributed by atoms with Gasteiger partial charge in [-0.1, -0.05) is 41.7 Å². The van der Waals surface area contributed by atoms with Crippen molar-refractivity contribution in [3.63, 3.8) is 0 Å². The van der Waals surface area contributed by atoms with Gasteiger partial charge in [-0.25, -0.2) is 4.98 Å². The molecule has 0 amide bonds. The third-order valence-electron chi connectivity index (χ3n) is 2.75. The Labute approximate surface area is 111 Å². The number of rotatable bonds is 5. The molecule has 0 N–H and O–H groups in total. The first kappa shape index (κ1) is 12.8. The minimum absolute atomic E-state index is 0.0789. The van der Waals surface area contributed by atoms with Crippen molar-refractivity contribution in [1.82, 2.24) is 4.98 Å². The summed E-state index contributed by atoms with van der Waals surface area (Å²) in [6, 6.07) is 10.4. The molecule has 2 aromatic rings. The molecule has 0 atom stereocenters. The van der Waals surface area contributed by atoms with Crippen LogP contribution in [0.2, 0.25) is 0 Å². The Kier molecular flexibility index (Phi) is 4.10. The van der Waals surface area contributed by atoms with E-state index < -0.39 is 0 Å². The molecule has 1 aromatic carbocycles. The molecule has 0 bridgehead atoms.